The summed E-state index contributed by atoms with van der Waals surface area (Å²) in [5, 5.41) is 8.04. The van der Waals surface area contributed by atoms with Crippen LogP contribution < -0.4 is 24.0 Å². The van der Waals surface area contributed by atoms with Gasteiger partial charge in [-0.05, 0) is 0 Å². The molecule has 1 fully saturated rings. The summed E-state index contributed by atoms with van der Waals surface area (Å²) in [6.45, 7) is 0. The minimum absolute atomic E-state index is 0. The number of aliphatic carboxylic acids is 1. The van der Waals surface area contributed by atoms with Crippen molar-refractivity contribution in [2.75, 3.05) is 0 Å². The van der Waals surface area contributed by atoms with Crippen LogP contribution >= 0.6 is 25.3 Å². The summed E-state index contributed by atoms with van der Waals surface area (Å²) in [4.78, 5) is 44.2. The molecule has 20 heavy (non-hydrogen) atoms. The molecule has 0 aliphatic carbocycles. The van der Waals surface area contributed by atoms with Crippen molar-refractivity contribution in [2.45, 2.75) is 23.3 Å². The predicted molar refractivity (Wildman–Crippen MR) is 63.8 cm³/mol. The Balaban J connectivity index is 0.00000361. The number of hydrogen-bond donors (Lipinski definition) is 2. The zero-order valence-corrected chi connectivity index (χ0v) is 14.5. The number of hydrogen-bond acceptors (Lipinski definition) is 10. The second-order valence-corrected chi connectivity index (χ2v) is 7.41. The third-order valence-corrected chi connectivity index (χ3v) is 5.52. The van der Waals surface area contributed by atoms with Gasteiger partial charge in [-0.25, -0.2) is 0 Å². The molecule has 0 bridgehead atoms. The van der Waals surface area contributed by atoms with E-state index in [1.54, 1.807) is 0 Å². The van der Waals surface area contributed by atoms with Crippen LogP contribution in [0.15, 0.2) is 0 Å². The van der Waals surface area contributed by atoms with E-state index in [9.17, 15) is 24.3 Å². The van der Waals surface area contributed by atoms with Gasteiger partial charge in [0.05, 0.1) is 0 Å². The first-order chi connectivity index (χ1) is 8.79. The molecule has 2 atom stereocenters. The molecule has 106 valence electrons. The second-order valence-electron chi connectivity index (χ2n) is 3.32. The average molecular weight is 425 g/mol. The fourth-order valence-corrected chi connectivity index (χ4v) is 3.99. The molecule has 0 amide bonds. The van der Waals surface area contributed by atoms with Crippen LogP contribution in [0.5, 0.6) is 0 Å². The molecular weight excluding hydrogens is 417 g/mol. The maximum Gasteiger partial charge on any atom is 1.00 e. The normalized spacial score (nSPS) is 20.8. The van der Waals surface area contributed by atoms with E-state index in [1.165, 1.54) is 0 Å². The summed E-state index contributed by atoms with van der Waals surface area (Å²) in [6.07, 6.45) is -0.875. The Labute approximate surface area is 145 Å². The molecule has 1 saturated heterocycles. The summed E-state index contributed by atoms with van der Waals surface area (Å²) in [5.41, 5.74) is 0. The molecule has 8 nitrogen and oxygen atoms in total. The van der Waals surface area contributed by atoms with Crippen molar-refractivity contribution in [3.8, 4) is 0 Å². The van der Waals surface area contributed by atoms with Gasteiger partial charge in [-0.3, -0.25) is 0 Å². The fraction of sp³-hybridized carbons (Fsp3) is 0.500. The number of carbonyl (C=O) groups is 4. The molecule has 0 aromatic rings. The summed E-state index contributed by atoms with van der Waals surface area (Å²) in [6, 6.07) is 0. The molecule has 0 aromatic carbocycles. The Morgan fingerprint density at radius 3 is 2.60 bits per heavy atom. The van der Waals surface area contributed by atoms with Crippen LogP contribution in [-0.4, -0.2) is 55.8 Å². The van der Waals surface area contributed by atoms with Crippen LogP contribution in [0.2, 0.25) is 0 Å². The van der Waals surface area contributed by atoms with Crippen molar-refractivity contribution in [1.82, 2.24) is 0 Å². The summed E-state index contributed by atoms with van der Waals surface area (Å²) in [7, 11) is 0. The Kier molecular flexibility index (Phi) is 9.10. The molecule has 0 aromatic heterocycles. The number of carboxylic acids is 1. The molecule has 2 unspecified atom stereocenters. The molecule has 1 aliphatic heterocycles. The first-order valence-electron chi connectivity index (χ1n) is 4.80. The Morgan fingerprint density at radius 1 is 1.45 bits per heavy atom. The van der Waals surface area contributed by atoms with Gasteiger partial charge in [0.25, 0.3) is 0 Å². The number of carbonyl (C=O) groups excluding carboxylic acids is 4. The van der Waals surface area contributed by atoms with Crippen LogP contribution in [-0.2, 0) is 28.2 Å². The Bertz CT molecular complexity index is 419. The Morgan fingerprint density at radius 2 is 2.05 bits per heavy atom. The molecule has 1 heterocycles. The van der Waals surface area contributed by atoms with Crippen molar-refractivity contribution in [1.29, 1.82) is 0 Å². The maximum atomic E-state index is 11.3. The van der Waals surface area contributed by atoms with Crippen LogP contribution in [0.1, 0.15) is 12.8 Å². The van der Waals surface area contributed by atoms with Gasteiger partial charge in [-0.15, -0.1) is 0 Å². The zero-order chi connectivity index (χ0) is 14.6. The van der Waals surface area contributed by atoms with Gasteiger partial charge in [0, 0.05) is 0 Å². The van der Waals surface area contributed by atoms with E-state index in [1.807, 2.05) is 0 Å². The summed E-state index contributed by atoms with van der Waals surface area (Å²) < 4.78 is 14.1. The van der Waals surface area contributed by atoms with Gasteiger partial charge < -0.3 is 0 Å². The van der Waals surface area contributed by atoms with E-state index in [0.717, 1.165) is 0 Å². The van der Waals surface area contributed by atoms with Crippen LogP contribution in [0, 0.1) is 0 Å². The molecule has 12 heteroatoms. The van der Waals surface area contributed by atoms with Gasteiger partial charge in [0.1, 0.15) is 0 Å². The van der Waals surface area contributed by atoms with E-state index < -0.39 is 62.3 Å². The molecule has 0 spiro atoms. The molecule has 1 aliphatic rings. The van der Waals surface area contributed by atoms with Crippen LogP contribution in [0.25, 0.3) is 0 Å². The third-order valence-electron chi connectivity index (χ3n) is 1.78. The van der Waals surface area contributed by atoms with E-state index in [4.69, 9.17) is 3.02 Å². The molecule has 0 N–H and O–H groups in total. The van der Waals surface area contributed by atoms with Crippen LogP contribution in [0.3, 0.4) is 0 Å². The third kappa shape index (κ3) is 6.63. The van der Waals surface area contributed by atoms with Crippen molar-refractivity contribution >= 4 is 70.6 Å². The van der Waals surface area contributed by atoms with E-state index in [2.05, 4.69) is 31.3 Å². The summed E-state index contributed by atoms with van der Waals surface area (Å²) >= 11 is 3.61. The van der Waals surface area contributed by atoms with Gasteiger partial charge in [0.15, 0.2) is 0 Å². The summed E-state index contributed by atoms with van der Waals surface area (Å²) in [5.74, 6) is -4.11. The topological polar surface area (TPSA) is 119 Å². The number of rotatable bonds is 4. The van der Waals surface area contributed by atoms with Crippen molar-refractivity contribution in [2.24, 2.45) is 0 Å². The number of thiol groups is 2. The SMILES string of the molecule is O=C(CC(S)C(=O)[O-])[O][Sb]1[O]C(=O)CC(S)C(=O)[O]1.[Li+]. The number of carboxylic acid groups (broad SMARTS) is 1. The maximum absolute atomic E-state index is 11.3. The zero-order valence-electron chi connectivity index (χ0n) is 10.2. The monoisotopic (exact) mass is 424 g/mol. The quantitative estimate of drug-likeness (QED) is 0.339. The van der Waals surface area contributed by atoms with Crippen molar-refractivity contribution in [3.63, 3.8) is 0 Å². The molecule has 0 saturated carbocycles. The van der Waals surface area contributed by atoms with Gasteiger partial charge in [0.2, 0.25) is 0 Å². The van der Waals surface area contributed by atoms with Crippen molar-refractivity contribution in [3.05, 3.63) is 0 Å². The molecule has 1 rings (SSSR count). The fourth-order valence-electron chi connectivity index (χ4n) is 0.913. The first kappa shape index (κ1) is 20.0. The van der Waals surface area contributed by atoms with Crippen LogP contribution in [0.4, 0.5) is 0 Å². The first-order valence-corrected chi connectivity index (χ1v) is 8.96. The van der Waals surface area contributed by atoms with Gasteiger partial charge in [-0.2, -0.15) is 0 Å². The van der Waals surface area contributed by atoms with E-state index in [-0.39, 0.29) is 25.3 Å². The van der Waals surface area contributed by atoms with E-state index >= 15 is 0 Å². The predicted octanol–water partition coefficient (Wildman–Crippen LogP) is -5.25. The average Bonchev–Trinajstić information content (AvgIpc) is 2.37. The molecular formula is C8H8LiO8S2Sb. The van der Waals surface area contributed by atoms with E-state index in [0.29, 0.717) is 0 Å². The minimum Gasteiger partial charge on any atom is 1.00 e. The Hall–Kier alpha value is -0.00442. The standard InChI is InChI=1S/2C4H6O4S.Li.Sb/c2*5-3(6)1-2(9)4(7)8;;/h2*2,9H,1H2,(H,5,6)(H,7,8);;/q;;+1;+3/p-4. The van der Waals surface area contributed by atoms with Crippen molar-refractivity contribution < 1.29 is 52.2 Å². The minimum atomic E-state index is -3.79. The van der Waals surface area contributed by atoms with Gasteiger partial charge in [-0.1, -0.05) is 0 Å². The molecule has 0 radical (unpaired) electrons. The second kappa shape index (κ2) is 9.10. The van der Waals surface area contributed by atoms with Gasteiger partial charge >= 0.3 is 146 Å². The smallest absolute Gasteiger partial charge is 1.00 e. The largest absolute Gasteiger partial charge is 1.00 e.